The molecule has 2 aliphatic heterocycles. The molecule has 11 N–H and O–H groups in total. The number of hydrogen-bond acceptors (Lipinski definition) is 23. The van der Waals surface area contributed by atoms with Gasteiger partial charge >= 0.3 is 25.7 Å². The Bertz CT molecular complexity index is 2090. The number of ether oxygens (including phenoxy) is 7. The fourth-order valence-electron chi connectivity index (χ4n) is 12.9. The third-order valence-corrected chi connectivity index (χ3v) is 20.3. The maximum atomic E-state index is 14.3. The van der Waals surface area contributed by atoms with Crippen molar-refractivity contribution in [2.45, 2.75) is 414 Å². The minimum absolute atomic E-state index is 0.0325. The number of aliphatic hydroxyl groups excluding tert-OH is 10. The van der Waals surface area contributed by atoms with Crippen LogP contribution in [0.25, 0.3) is 0 Å². The summed E-state index contributed by atoms with van der Waals surface area (Å²) < 4.78 is 65.0. The summed E-state index contributed by atoms with van der Waals surface area (Å²) in [5.41, 5.74) is 0. The summed E-state index contributed by atoms with van der Waals surface area (Å²) in [7, 11) is -5.70. The van der Waals surface area contributed by atoms with E-state index < -0.39 is 156 Å². The molecule has 3 aliphatic rings. The Morgan fingerprint density at radius 2 is 0.707 bits per heavy atom. The average molecular weight is 1440 g/mol. The second kappa shape index (κ2) is 56.1. The average Bonchev–Trinajstić information content (AvgIpc) is 0.765. The number of phosphoric ester groups is 1. The molecule has 24 nitrogen and oxygen atoms in total. The Labute approximate surface area is 592 Å². The zero-order valence-electron chi connectivity index (χ0n) is 60.8. The van der Waals surface area contributed by atoms with Gasteiger partial charge in [0.1, 0.15) is 98.7 Å². The van der Waals surface area contributed by atoms with Crippen LogP contribution in [0.5, 0.6) is 0 Å². The molecule has 3 fully saturated rings. The third kappa shape index (κ3) is 39.0. The highest BCUT2D eigenvalue weighted by Crippen LogP contribution is 2.49. The van der Waals surface area contributed by atoms with E-state index in [1.54, 1.807) is 0 Å². The fraction of sp³-hybridized carbons (Fsp3) is 0.932. The standard InChI is InChI=1S/C74H137O24P/c1-4-7-10-13-16-19-22-25-27-28-29-32-34-37-40-43-46-49-59(77)91-54-57-62(80)64(82)69(87)74(95-57)97-71-67(85)65(83)66(84)70(96-73-68(86)63(81)61(79)56(51-75)94-73)72(71)98-99(88,89)92-53-55(52-90-58(76)48-45-42-39-36-33-30-24-21-18-15-12-9-6-3)93-60(78)50-47-44-41-38-35-31-26-23-20-17-14-11-8-5-2/h31,35,55-57,61-75,79-87H,4-30,32-34,36-54H2,1-3H3,(H,88,89)/b35-31-. The van der Waals surface area contributed by atoms with Crippen molar-refractivity contribution in [3.63, 3.8) is 0 Å². The minimum atomic E-state index is -5.70. The van der Waals surface area contributed by atoms with Crippen molar-refractivity contribution < 1.29 is 117 Å². The van der Waals surface area contributed by atoms with Gasteiger partial charge in [-0.1, -0.05) is 258 Å². The first-order chi connectivity index (χ1) is 47.8. The van der Waals surface area contributed by atoms with Gasteiger partial charge in [0.15, 0.2) is 18.7 Å². The van der Waals surface area contributed by atoms with Gasteiger partial charge < -0.3 is 89.1 Å². The Kier molecular flexibility index (Phi) is 51.5. The van der Waals surface area contributed by atoms with Crippen LogP contribution in [0.15, 0.2) is 12.2 Å². The molecule has 2 saturated heterocycles. The SMILES string of the molecule is CCCCCCCCC/C=C\CCCCCC(=O)OC(COC(=O)CCCCCCCCCCCCCCC)COP(=O)(O)OC1C(OC2OC(CO)C(O)C(O)C2O)C(O)C(O)C(O)C1OC1OC(COC(=O)CCCCCCCCCCCCCCCCCCC)C(O)C(O)C1O. The largest absolute Gasteiger partial charge is 0.472 e. The van der Waals surface area contributed by atoms with Crippen LogP contribution in [0.1, 0.15) is 310 Å². The molecule has 18 atom stereocenters. The van der Waals surface area contributed by atoms with E-state index in [1.165, 1.54) is 154 Å². The van der Waals surface area contributed by atoms with Gasteiger partial charge in [0.2, 0.25) is 0 Å². The number of aliphatic hydroxyl groups is 10. The van der Waals surface area contributed by atoms with Crippen LogP contribution < -0.4 is 0 Å². The lowest BCUT2D eigenvalue weighted by atomic mass is 9.84. The Hall–Kier alpha value is -2.30. The molecule has 0 aromatic carbocycles. The molecule has 0 aromatic rings. The van der Waals surface area contributed by atoms with Gasteiger partial charge in [0, 0.05) is 19.3 Å². The molecule has 0 amide bonds. The number of phosphoric acid groups is 1. The number of esters is 3. The lowest BCUT2D eigenvalue weighted by molar-refractivity contribution is -0.360. The van der Waals surface area contributed by atoms with Gasteiger partial charge in [-0.15, -0.1) is 0 Å². The summed E-state index contributed by atoms with van der Waals surface area (Å²) in [5, 5.41) is 110. The van der Waals surface area contributed by atoms with E-state index >= 15 is 0 Å². The van der Waals surface area contributed by atoms with Gasteiger partial charge in [-0.3, -0.25) is 23.4 Å². The van der Waals surface area contributed by atoms with Gasteiger partial charge in [-0.25, -0.2) is 4.57 Å². The summed E-state index contributed by atoms with van der Waals surface area (Å²) in [4.78, 5) is 51.0. The monoisotopic (exact) mass is 1440 g/mol. The molecular weight excluding hydrogens is 1300 g/mol. The second-order valence-corrected chi connectivity index (χ2v) is 29.5. The van der Waals surface area contributed by atoms with E-state index in [-0.39, 0.29) is 19.3 Å². The van der Waals surface area contributed by atoms with Crippen molar-refractivity contribution in [2.24, 2.45) is 0 Å². The molecule has 18 unspecified atom stereocenters. The van der Waals surface area contributed by atoms with Gasteiger partial charge in [-0.05, 0) is 44.9 Å². The molecule has 2 heterocycles. The maximum absolute atomic E-state index is 14.3. The Morgan fingerprint density at radius 1 is 0.384 bits per heavy atom. The number of carbonyl (C=O) groups excluding carboxylic acids is 3. The number of rotatable bonds is 61. The first-order valence-electron chi connectivity index (χ1n) is 39.0. The van der Waals surface area contributed by atoms with Crippen LogP contribution in [-0.2, 0) is 61.2 Å². The highest BCUT2D eigenvalue weighted by Gasteiger charge is 2.58. The molecule has 25 heteroatoms. The number of carbonyl (C=O) groups is 3. The molecule has 582 valence electrons. The Balaban J connectivity index is 1.71. The first-order valence-corrected chi connectivity index (χ1v) is 40.5. The minimum Gasteiger partial charge on any atom is -0.463 e. The molecule has 1 saturated carbocycles. The van der Waals surface area contributed by atoms with E-state index in [4.69, 9.17) is 42.2 Å². The predicted molar refractivity (Wildman–Crippen MR) is 375 cm³/mol. The second-order valence-electron chi connectivity index (χ2n) is 28.1. The molecule has 0 aromatic heterocycles. The van der Waals surface area contributed by atoms with E-state index in [0.29, 0.717) is 25.7 Å². The summed E-state index contributed by atoms with van der Waals surface area (Å²) in [6.45, 7) is 3.45. The molecule has 0 spiro atoms. The summed E-state index contributed by atoms with van der Waals surface area (Å²) in [6.07, 6.45) is 15.6. The lowest BCUT2D eigenvalue weighted by Crippen LogP contribution is -2.69. The van der Waals surface area contributed by atoms with E-state index in [9.17, 15) is 74.9 Å². The Morgan fingerprint density at radius 3 is 1.10 bits per heavy atom. The van der Waals surface area contributed by atoms with E-state index in [0.717, 1.165) is 89.9 Å². The lowest BCUT2D eigenvalue weighted by Gasteiger charge is -2.49. The van der Waals surface area contributed by atoms with Crippen LogP contribution in [0, 0.1) is 0 Å². The normalized spacial score (nSPS) is 27.5. The zero-order valence-corrected chi connectivity index (χ0v) is 61.7. The van der Waals surface area contributed by atoms with Crippen molar-refractivity contribution in [1.82, 2.24) is 0 Å². The smallest absolute Gasteiger partial charge is 0.463 e. The van der Waals surface area contributed by atoms with Crippen LogP contribution in [-0.4, -0.2) is 204 Å². The highest BCUT2D eigenvalue weighted by atomic mass is 31.2. The fourth-order valence-corrected chi connectivity index (χ4v) is 13.9. The summed E-state index contributed by atoms with van der Waals surface area (Å²) >= 11 is 0. The van der Waals surface area contributed by atoms with Crippen molar-refractivity contribution in [2.75, 3.05) is 26.4 Å². The van der Waals surface area contributed by atoms with Crippen LogP contribution in [0.3, 0.4) is 0 Å². The van der Waals surface area contributed by atoms with Crippen LogP contribution in [0.2, 0.25) is 0 Å². The highest BCUT2D eigenvalue weighted by molar-refractivity contribution is 7.47. The zero-order chi connectivity index (χ0) is 72.5. The molecule has 0 bridgehead atoms. The third-order valence-electron chi connectivity index (χ3n) is 19.3. The predicted octanol–water partition coefficient (Wildman–Crippen LogP) is 11.1. The van der Waals surface area contributed by atoms with E-state index in [1.807, 2.05) is 0 Å². The van der Waals surface area contributed by atoms with Gasteiger partial charge in [0.25, 0.3) is 0 Å². The molecule has 0 radical (unpaired) electrons. The quantitative estimate of drug-likeness (QED) is 0.00886. The van der Waals surface area contributed by atoms with Crippen molar-refractivity contribution in [3.8, 4) is 0 Å². The van der Waals surface area contributed by atoms with E-state index in [2.05, 4.69) is 32.9 Å². The number of hydrogen-bond donors (Lipinski definition) is 11. The molecule has 99 heavy (non-hydrogen) atoms. The number of allylic oxidation sites excluding steroid dienone is 2. The van der Waals surface area contributed by atoms with Gasteiger partial charge in [-0.2, -0.15) is 0 Å². The molecular formula is C74H137O24P. The van der Waals surface area contributed by atoms with Crippen LogP contribution >= 0.6 is 7.82 Å². The summed E-state index contributed by atoms with van der Waals surface area (Å²) in [5.74, 6) is -2.00. The topological polar surface area (TPSA) is 374 Å². The summed E-state index contributed by atoms with van der Waals surface area (Å²) in [6, 6.07) is 0. The van der Waals surface area contributed by atoms with Crippen LogP contribution in [0.4, 0.5) is 0 Å². The first kappa shape index (κ1) is 90.9. The molecule has 1 aliphatic carbocycles. The maximum Gasteiger partial charge on any atom is 0.472 e. The molecule has 3 rings (SSSR count). The number of unbranched alkanes of at least 4 members (excludes halogenated alkanes) is 38. The van der Waals surface area contributed by atoms with Crippen molar-refractivity contribution in [3.05, 3.63) is 12.2 Å². The van der Waals surface area contributed by atoms with Gasteiger partial charge in [0.05, 0.1) is 13.2 Å². The van der Waals surface area contributed by atoms with Crippen molar-refractivity contribution >= 4 is 25.7 Å². The van der Waals surface area contributed by atoms with Crippen molar-refractivity contribution in [1.29, 1.82) is 0 Å².